The normalized spacial score (nSPS) is 14.0. The predicted molar refractivity (Wildman–Crippen MR) is 386 cm³/mol. The number of hydrogen-bond donors (Lipinski definition) is 3. The van der Waals surface area contributed by atoms with Crippen molar-refractivity contribution in [1.29, 1.82) is 0 Å². The molecule has 0 rings (SSSR count). The highest BCUT2D eigenvalue weighted by Gasteiger charge is 2.30. The monoisotopic (exact) mass is 1400 g/mol. The van der Waals surface area contributed by atoms with Crippen LogP contribution >= 0.6 is 15.6 Å². The van der Waals surface area contributed by atoms with Crippen LogP contribution in [0.15, 0.2) is 0 Å². The molecule has 0 aliphatic carbocycles. The molecule has 2 unspecified atom stereocenters. The Kier molecular flexibility index (Phi) is 66.5. The van der Waals surface area contributed by atoms with Gasteiger partial charge in [0.2, 0.25) is 0 Å². The Morgan fingerprint density at radius 2 is 0.484 bits per heavy atom. The number of aliphatic hydroxyl groups is 1. The van der Waals surface area contributed by atoms with Crippen molar-refractivity contribution < 1.29 is 80.2 Å². The number of ether oxygens (including phenoxy) is 4. The Labute approximate surface area is 581 Å². The highest BCUT2D eigenvalue weighted by molar-refractivity contribution is 7.47. The van der Waals surface area contributed by atoms with Gasteiger partial charge in [0.1, 0.15) is 19.3 Å². The van der Waals surface area contributed by atoms with Crippen LogP contribution < -0.4 is 0 Å². The Morgan fingerprint density at radius 3 is 0.716 bits per heavy atom. The molecule has 564 valence electrons. The van der Waals surface area contributed by atoms with Crippen molar-refractivity contribution in [3.05, 3.63) is 0 Å². The van der Waals surface area contributed by atoms with E-state index in [1.54, 1.807) is 0 Å². The van der Waals surface area contributed by atoms with Crippen LogP contribution in [-0.4, -0.2) is 96.7 Å². The Bertz CT molecular complexity index is 1840. The number of hydrogen-bond acceptors (Lipinski definition) is 15. The lowest BCUT2D eigenvalue weighted by atomic mass is 10.0. The van der Waals surface area contributed by atoms with E-state index in [4.69, 9.17) is 37.0 Å². The minimum atomic E-state index is -4.96. The Morgan fingerprint density at radius 1 is 0.284 bits per heavy atom. The van der Waals surface area contributed by atoms with E-state index in [0.717, 1.165) is 102 Å². The average Bonchev–Trinajstić information content (AvgIpc) is 1.55. The van der Waals surface area contributed by atoms with Gasteiger partial charge in [-0.2, -0.15) is 0 Å². The van der Waals surface area contributed by atoms with Crippen molar-refractivity contribution in [3.8, 4) is 0 Å². The molecular formula is C76H148O17P2. The van der Waals surface area contributed by atoms with Gasteiger partial charge < -0.3 is 33.8 Å². The molecule has 0 spiro atoms. The maximum atomic E-state index is 13.1. The van der Waals surface area contributed by atoms with Crippen LogP contribution in [0.25, 0.3) is 0 Å². The van der Waals surface area contributed by atoms with Crippen LogP contribution in [0.3, 0.4) is 0 Å². The summed E-state index contributed by atoms with van der Waals surface area (Å²) in [5.41, 5.74) is 0. The number of phosphoric acid groups is 2. The van der Waals surface area contributed by atoms with Crippen LogP contribution in [0.2, 0.25) is 0 Å². The van der Waals surface area contributed by atoms with Gasteiger partial charge in [-0.05, 0) is 37.5 Å². The fourth-order valence-corrected chi connectivity index (χ4v) is 13.2. The maximum absolute atomic E-state index is 13.1. The van der Waals surface area contributed by atoms with Crippen molar-refractivity contribution in [3.63, 3.8) is 0 Å². The van der Waals surface area contributed by atoms with E-state index in [1.165, 1.54) is 212 Å². The molecule has 19 heteroatoms. The molecule has 0 aromatic rings. The quantitative estimate of drug-likeness (QED) is 0.0222. The molecule has 3 N–H and O–H groups in total. The number of aliphatic hydroxyl groups excluding tert-OH is 1. The number of unbranched alkanes of at least 4 members (excludes halogenated alkanes) is 45. The molecule has 0 bridgehead atoms. The summed E-state index contributed by atoms with van der Waals surface area (Å²) < 4.78 is 68.5. The molecule has 0 aromatic heterocycles. The molecule has 0 heterocycles. The van der Waals surface area contributed by atoms with Crippen LogP contribution in [-0.2, 0) is 65.4 Å². The summed E-state index contributed by atoms with van der Waals surface area (Å²) in [5.74, 6) is -0.515. The minimum absolute atomic E-state index is 0.107. The van der Waals surface area contributed by atoms with Crippen LogP contribution in [0.1, 0.15) is 395 Å². The van der Waals surface area contributed by atoms with Gasteiger partial charge in [0.15, 0.2) is 12.2 Å². The molecule has 0 aliphatic rings. The third-order valence-corrected chi connectivity index (χ3v) is 19.6. The third kappa shape index (κ3) is 70.3. The second-order valence-electron chi connectivity index (χ2n) is 28.3. The van der Waals surface area contributed by atoms with Crippen LogP contribution in [0, 0.1) is 11.8 Å². The summed E-state index contributed by atoms with van der Waals surface area (Å²) in [6.45, 7) is 9.63. The van der Waals surface area contributed by atoms with Gasteiger partial charge in [0.25, 0.3) is 0 Å². The first kappa shape index (κ1) is 93.1. The minimum Gasteiger partial charge on any atom is -0.462 e. The molecular weight excluding hydrogens is 1250 g/mol. The van der Waals surface area contributed by atoms with E-state index in [2.05, 4.69) is 41.5 Å². The fraction of sp³-hybridized carbons (Fsp3) is 0.947. The zero-order chi connectivity index (χ0) is 70.0. The zero-order valence-electron chi connectivity index (χ0n) is 62.0. The van der Waals surface area contributed by atoms with Gasteiger partial charge in [0, 0.05) is 25.7 Å². The lowest BCUT2D eigenvalue weighted by Gasteiger charge is -2.21. The first-order valence-electron chi connectivity index (χ1n) is 39.5. The Balaban J connectivity index is 5.21. The first-order valence-corrected chi connectivity index (χ1v) is 42.5. The van der Waals surface area contributed by atoms with Crippen molar-refractivity contribution in [2.24, 2.45) is 11.8 Å². The number of rotatable bonds is 75. The van der Waals surface area contributed by atoms with Crippen molar-refractivity contribution >= 4 is 39.5 Å². The molecule has 0 fully saturated rings. The molecule has 5 atom stereocenters. The molecule has 17 nitrogen and oxygen atoms in total. The molecule has 0 saturated carbocycles. The van der Waals surface area contributed by atoms with Crippen molar-refractivity contribution in [2.45, 2.75) is 413 Å². The number of carbonyl (C=O) groups is 4. The lowest BCUT2D eigenvalue weighted by molar-refractivity contribution is -0.161. The van der Waals surface area contributed by atoms with E-state index in [9.17, 15) is 43.2 Å². The standard InChI is InChI=1S/C76H148O17P2/c1-7-9-11-13-15-17-34-40-46-52-58-73(78)86-64-71(92-75(80)60-54-48-42-35-18-16-14-12-10-8-2)66-90-94(82,83)88-62-70(77)63-89-95(84,85)91-67-72(65-87-74(79)59-53-47-41-36-30-27-23-25-29-33-39-45-51-57-69(5)6)93-76(81)61-55-49-43-37-31-26-22-20-19-21-24-28-32-38-44-50-56-68(3)4/h68-72,77H,7-67H2,1-6H3,(H,82,83)(H,84,85)/t70-,71+,72+/m0/s1. The first-order chi connectivity index (χ1) is 45.9. The average molecular weight is 1400 g/mol. The number of carbonyl (C=O) groups excluding carboxylic acids is 4. The number of esters is 4. The number of phosphoric ester groups is 2. The van der Waals surface area contributed by atoms with E-state index >= 15 is 0 Å². The zero-order valence-corrected chi connectivity index (χ0v) is 63.8. The molecule has 0 saturated heterocycles. The highest BCUT2D eigenvalue weighted by atomic mass is 31.2. The summed E-state index contributed by atoms with van der Waals surface area (Å²) in [4.78, 5) is 72.7. The Hall–Kier alpha value is -1.94. The smallest absolute Gasteiger partial charge is 0.462 e. The molecule has 0 amide bonds. The summed E-state index contributed by atoms with van der Waals surface area (Å²) in [7, 11) is -9.91. The summed E-state index contributed by atoms with van der Waals surface area (Å²) >= 11 is 0. The molecule has 0 aliphatic heterocycles. The molecule has 0 radical (unpaired) electrons. The fourth-order valence-electron chi connectivity index (χ4n) is 11.7. The third-order valence-electron chi connectivity index (χ3n) is 17.7. The van der Waals surface area contributed by atoms with Gasteiger partial charge in [-0.3, -0.25) is 37.3 Å². The SMILES string of the molecule is CCCCCCCCCCCCC(=O)OC[C@H](COP(=O)(O)OC[C@H](O)COP(=O)(O)OC[C@@H](COC(=O)CCCCCCCCCCCCCCCC(C)C)OC(=O)CCCCCCCCCCCCCCCCCCC(C)C)OC(=O)CCCCCCCCCCCC. The van der Waals surface area contributed by atoms with Gasteiger partial charge in [-0.15, -0.1) is 0 Å². The second kappa shape index (κ2) is 67.9. The summed E-state index contributed by atoms with van der Waals surface area (Å²) in [6, 6.07) is 0. The predicted octanol–water partition coefficient (Wildman–Crippen LogP) is 22.3. The van der Waals surface area contributed by atoms with Gasteiger partial charge in [0.05, 0.1) is 26.4 Å². The van der Waals surface area contributed by atoms with Gasteiger partial charge in [-0.1, -0.05) is 343 Å². The maximum Gasteiger partial charge on any atom is 0.472 e. The molecule has 0 aromatic carbocycles. The van der Waals surface area contributed by atoms with E-state index in [0.29, 0.717) is 25.7 Å². The summed E-state index contributed by atoms with van der Waals surface area (Å²) in [5, 5.41) is 10.6. The van der Waals surface area contributed by atoms with E-state index in [-0.39, 0.29) is 25.7 Å². The topological polar surface area (TPSA) is 237 Å². The van der Waals surface area contributed by atoms with Crippen molar-refractivity contribution in [2.75, 3.05) is 39.6 Å². The molecule has 95 heavy (non-hydrogen) atoms. The van der Waals surface area contributed by atoms with E-state index < -0.39 is 97.5 Å². The van der Waals surface area contributed by atoms with E-state index in [1.807, 2.05) is 0 Å². The van der Waals surface area contributed by atoms with Gasteiger partial charge in [-0.25, -0.2) is 9.13 Å². The summed E-state index contributed by atoms with van der Waals surface area (Å²) in [6.07, 6.45) is 55.4. The van der Waals surface area contributed by atoms with Gasteiger partial charge >= 0.3 is 39.5 Å². The lowest BCUT2D eigenvalue weighted by Crippen LogP contribution is -2.30. The second-order valence-corrected chi connectivity index (χ2v) is 31.3. The van der Waals surface area contributed by atoms with Crippen molar-refractivity contribution in [1.82, 2.24) is 0 Å². The van der Waals surface area contributed by atoms with Crippen LogP contribution in [0.5, 0.6) is 0 Å². The highest BCUT2D eigenvalue weighted by Crippen LogP contribution is 2.45. The largest absolute Gasteiger partial charge is 0.472 e. The van der Waals surface area contributed by atoms with Crippen LogP contribution in [0.4, 0.5) is 0 Å².